The molecule has 0 radical (unpaired) electrons. The fourth-order valence-corrected chi connectivity index (χ4v) is 2.68. The fourth-order valence-electron chi connectivity index (χ4n) is 2.68. The van der Waals surface area contributed by atoms with Crippen molar-refractivity contribution in [3.05, 3.63) is 33.9 Å². The van der Waals surface area contributed by atoms with E-state index in [4.69, 9.17) is 5.73 Å². The molecule has 2 aromatic heterocycles. The highest BCUT2D eigenvalue weighted by molar-refractivity contribution is 5.79. The first kappa shape index (κ1) is 16.9. The van der Waals surface area contributed by atoms with Crippen LogP contribution in [0.5, 0.6) is 0 Å². The van der Waals surface area contributed by atoms with E-state index in [0.717, 1.165) is 33.9 Å². The number of hydrogen-bond acceptors (Lipinski definition) is 5. The molecule has 0 saturated heterocycles. The molecule has 0 saturated carbocycles. The van der Waals surface area contributed by atoms with Crippen LogP contribution in [-0.4, -0.2) is 37.6 Å². The van der Waals surface area contributed by atoms with Crippen LogP contribution in [0.2, 0.25) is 0 Å². The number of nitrogens with two attached hydrogens (primary N) is 1. The summed E-state index contributed by atoms with van der Waals surface area (Å²) in [4.78, 5) is 22.6. The number of amides is 1. The van der Waals surface area contributed by atoms with Crippen molar-refractivity contribution in [2.75, 3.05) is 12.8 Å². The monoisotopic (exact) mass is 316 g/mol. The summed E-state index contributed by atoms with van der Waals surface area (Å²) < 4.78 is 1.84. The number of nitrogens with zero attached hydrogens (tertiary/aromatic N) is 5. The highest BCUT2D eigenvalue weighted by Crippen LogP contribution is 2.16. The Morgan fingerprint density at radius 1 is 1.09 bits per heavy atom. The molecule has 2 aromatic rings. The molecule has 0 atom stereocenters. The average Bonchev–Trinajstić information content (AvgIpc) is 2.69. The summed E-state index contributed by atoms with van der Waals surface area (Å²) in [5.74, 6) is 0.262. The first-order valence-corrected chi connectivity index (χ1v) is 7.53. The third-order valence-electron chi connectivity index (χ3n) is 4.25. The Labute approximate surface area is 136 Å². The van der Waals surface area contributed by atoms with Crippen LogP contribution in [0.3, 0.4) is 0 Å². The topological polar surface area (TPSA) is 89.9 Å². The Morgan fingerprint density at radius 2 is 1.65 bits per heavy atom. The van der Waals surface area contributed by atoms with Crippen molar-refractivity contribution < 1.29 is 4.79 Å². The van der Waals surface area contributed by atoms with Crippen molar-refractivity contribution in [2.24, 2.45) is 7.05 Å². The second kappa shape index (κ2) is 6.36. The zero-order valence-corrected chi connectivity index (χ0v) is 14.6. The van der Waals surface area contributed by atoms with E-state index in [1.807, 2.05) is 39.4 Å². The van der Waals surface area contributed by atoms with Gasteiger partial charge in [-0.15, -0.1) is 0 Å². The van der Waals surface area contributed by atoms with Gasteiger partial charge in [0.1, 0.15) is 0 Å². The third-order valence-corrected chi connectivity index (χ3v) is 4.25. The van der Waals surface area contributed by atoms with Gasteiger partial charge in [0, 0.05) is 48.8 Å². The van der Waals surface area contributed by atoms with Gasteiger partial charge in [-0.2, -0.15) is 5.10 Å². The second-order valence-corrected chi connectivity index (χ2v) is 5.93. The molecule has 124 valence electrons. The minimum Gasteiger partial charge on any atom is -0.368 e. The van der Waals surface area contributed by atoms with E-state index in [0.29, 0.717) is 6.54 Å². The maximum absolute atomic E-state index is 12.5. The number of nitrogen functional groups attached to an aromatic ring is 1. The van der Waals surface area contributed by atoms with Gasteiger partial charge in [0.2, 0.25) is 11.9 Å². The Hall–Kier alpha value is -2.44. The van der Waals surface area contributed by atoms with Crippen LogP contribution in [-0.2, 0) is 24.8 Å². The van der Waals surface area contributed by atoms with E-state index in [1.54, 1.807) is 11.9 Å². The molecule has 0 unspecified atom stereocenters. The van der Waals surface area contributed by atoms with E-state index >= 15 is 0 Å². The van der Waals surface area contributed by atoms with Gasteiger partial charge in [-0.25, -0.2) is 9.97 Å². The third kappa shape index (κ3) is 3.49. The molecule has 0 spiro atoms. The molecule has 0 aliphatic carbocycles. The summed E-state index contributed by atoms with van der Waals surface area (Å²) in [6, 6.07) is 0. The summed E-state index contributed by atoms with van der Waals surface area (Å²) in [5.41, 5.74) is 11.1. The lowest BCUT2D eigenvalue weighted by Gasteiger charge is -2.18. The molecular formula is C16H24N6O. The number of hydrogen-bond donors (Lipinski definition) is 1. The molecule has 0 fully saturated rings. The van der Waals surface area contributed by atoms with Crippen molar-refractivity contribution in [2.45, 2.75) is 40.7 Å². The van der Waals surface area contributed by atoms with Crippen LogP contribution >= 0.6 is 0 Å². The lowest BCUT2D eigenvalue weighted by Crippen LogP contribution is -2.29. The molecule has 0 bridgehead atoms. The van der Waals surface area contributed by atoms with Gasteiger partial charge in [0.25, 0.3) is 0 Å². The van der Waals surface area contributed by atoms with Gasteiger partial charge in [0.15, 0.2) is 0 Å². The first-order chi connectivity index (χ1) is 10.7. The molecule has 7 nitrogen and oxygen atoms in total. The summed E-state index contributed by atoms with van der Waals surface area (Å²) in [6.45, 7) is 8.21. The number of carbonyl (C=O) groups excluding carboxylic acids is 1. The van der Waals surface area contributed by atoms with Crippen molar-refractivity contribution >= 4 is 11.9 Å². The van der Waals surface area contributed by atoms with E-state index in [9.17, 15) is 4.79 Å². The largest absolute Gasteiger partial charge is 0.368 e. The molecule has 1 amide bonds. The van der Waals surface area contributed by atoms with Gasteiger partial charge >= 0.3 is 0 Å². The van der Waals surface area contributed by atoms with Crippen molar-refractivity contribution in [1.82, 2.24) is 24.6 Å². The Kier molecular flexibility index (Phi) is 4.68. The smallest absolute Gasteiger partial charge is 0.227 e. The number of rotatable bonds is 4. The zero-order chi connectivity index (χ0) is 17.3. The lowest BCUT2D eigenvalue weighted by atomic mass is 10.1. The molecule has 7 heteroatoms. The molecule has 23 heavy (non-hydrogen) atoms. The van der Waals surface area contributed by atoms with Gasteiger partial charge in [0.05, 0.1) is 12.1 Å². The van der Waals surface area contributed by atoms with E-state index in [2.05, 4.69) is 15.1 Å². The summed E-state index contributed by atoms with van der Waals surface area (Å²) >= 11 is 0. The van der Waals surface area contributed by atoms with Gasteiger partial charge in [-0.3, -0.25) is 9.48 Å². The lowest BCUT2D eigenvalue weighted by molar-refractivity contribution is -0.129. The van der Waals surface area contributed by atoms with Crippen molar-refractivity contribution in [3.8, 4) is 0 Å². The quantitative estimate of drug-likeness (QED) is 0.916. The minimum absolute atomic E-state index is 0.0206. The number of aryl methyl sites for hydroxylation is 4. The predicted molar refractivity (Wildman–Crippen MR) is 88.8 cm³/mol. The summed E-state index contributed by atoms with van der Waals surface area (Å²) in [7, 11) is 3.71. The average molecular weight is 316 g/mol. The van der Waals surface area contributed by atoms with Crippen LogP contribution < -0.4 is 5.73 Å². The Balaban J connectivity index is 2.15. The van der Waals surface area contributed by atoms with Gasteiger partial charge < -0.3 is 10.6 Å². The maximum Gasteiger partial charge on any atom is 0.227 e. The van der Waals surface area contributed by atoms with Crippen LogP contribution in [0, 0.1) is 27.7 Å². The number of carbonyl (C=O) groups is 1. The van der Waals surface area contributed by atoms with Crippen molar-refractivity contribution in [1.29, 1.82) is 0 Å². The fraction of sp³-hybridized carbons (Fsp3) is 0.500. The zero-order valence-electron chi connectivity index (χ0n) is 14.6. The predicted octanol–water partition coefficient (Wildman–Crippen LogP) is 1.23. The van der Waals surface area contributed by atoms with E-state index in [-0.39, 0.29) is 18.3 Å². The first-order valence-electron chi connectivity index (χ1n) is 7.53. The van der Waals surface area contributed by atoms with Gasteiger partial charge in [-0.1, -0.05) is 0 Å². The van der Waals surface area contributed by atoms with Crippen LogP contribution in [0.25, 0.3) is 0 Å². The van der Waals surface area contributed by atoms with E-state index in [1.165, 1.54) is 0 Å². The van der Waals surface area contributed by atoms with Crippen LogP contribution in [0.4, 0.5) is 5.95 Å². The highest BCUT2D eigenvalue weighted by Gasteiger charge is 2.18. The molecule has 0 aromatic carbocycles. The SMILES string of the molecule is Cc1nc(N)nc(C)c1CC(=O)N(C)Cc1c(C)nn(C)c1C. The van der Waals surface area contributed by atoms with E-state index < -0.39 is 0 Å². The standard InChI is InChI=1S/C16H24N6O/c1-9-13(10(2)19-16(17)18-9)7-15(23)21(5)8-14-11(3)20-22(6)12(14)4/h7-8H2,1-6H3,(H2,17,18,19). The Morgan fingerprint density at radius 3 is 2.13 bits per heavy atom. The van der Waals surface area contributed by atoms with Crippen LogP contribution in [0.15, 0.2) is 0 Å². The minimum atomic E-state index is 0.0206. The number of likely N-dealkylation sites (N-methyl/N-ethyl adjacent to an activating group) is 1. The molecular weight excluding hydrogens is 292 g/mol. The van der Waals surface area contributed by atoms with Crippen molar-refractivity contribution in [3.63, 3.8) is 0 Å². The normalized spacial score (nSPS) is 10.9. The molecule has 2 heterocycles. The molecule has 0 aliphatic rings. The van der Waals surface area contributed by atoms with Gasteiger partial charge in [-0.05, 0) is 27.7 Å². The molecule has 0 aliphatic heterocycles. The highest BCUT2D eigenvalue weighted by atomic mass is 16.2. The summed E-state index contributed by atoms with van der Waals surface area (Å²) in [6.07, 6.45) is 0.271. The number of aromatic nitrogens is 4. The molecule has 2 N–H and O–H groups in total. The number of anilines is 1. The molecule has 2 rings (SSSR count). The van der Waals surface area contributed by atoms with Crippen LogP contribution in [0.1, 0.15) is 33.9 Å². The Bertz CT molecular complexity index is 726. The maximum atomic E-state index is 12.5. The second-order valence-electron chi connectivity index (χ2n) is 5.93. The summed E-state index contributed by atoms with van der Waals surface area (Å²) in [5, 5.41) is 4.39.